The number of ether oxygens (including phenoxy) is 1. The average molecular weight is 337 g/mol. The van der Waals surface area contributed by atoms with E-state index in [-0.39, 0.29) is 0 Å². The summed E-state index contributed by atoms with van der Waals surface area (Å²) in [7, 11) is 0. The Bertz CT molecular complexity index is 643. The molecule has 134 valence electrons. The first-order valence-electron chi connectivity index (χ1n) is 10.1. The van der Waals surface area contributed by atoms with Gasteiger partial charge in [-0.15, -0.1) is 0 Å². The number of para-hydroxylation sites is 1. The minimum Gasteiger partial charge on any atom is -0.493 e. The van der Waals surface area contributed by atoms with Crippen molar-refractivity contribution >= 4 is 0 Å². The summed E-state index contributed by atoms with van der Waals surface area (Å²) in [6.45, 7) is 5.25. The molecule has 0 saturated carbocycles. The molecule has 25 heavy (non-hydrogen) atoms. The van der Waals surface area contributed by atoms with Gasteiger partial charge in [-0.1, -0.05) is 93.5 Å². The zero-order chi connectivity index (χ0) is 17.5. The summed E-state index contributed by atoms with van der Waals surface area (Å²) in [6.07, 6.45) is 9.43. The Morgan fingerprint density at radius 3 is 2.40 bits per heavy atom. The molecule has 2 aromatic carbocycles. The van der Waals surface area contributed by atoms with Crippen LogP contribution in [0.15, 0.2) is 48.5 Å². The largest absolute Gasteiger partial charge is 0.493 e. The monoisotopic (exact) mass is 336 g/mol. The van der Waals surface area contributed by atoms with E-state index in [1.807, 2.05) is 0 Å². The highest BCUT2D eigenvalue weighted by Crippen LogP contribution is 2.44. The van der Waals surface area contributed by atoms with E-state index >= 15 is 0 Å². The van der Waals surface area contributed by atoms with Crippen LogP contribution in [0.25, 0.3) is 0 Å². The third kappa shape index (κ3) is 4.66. The number of benzene rings is 2. The minimum absolute atomic E-state index is 0.478. The Hall–Kier alpha value is -1.76. The van der Waals surface area contributed by atoms with Crippen LogP contribution in [-0.4, -0.2) is 6.61 Å². The Morgan fingerprint density at radius 2 is 1.60 bits per heavy atom. The molecular weight excluding hydrogens is 304 g/mol. The lowest BCUT2D eigenvalue weighted by atomic mass is 9.77. The van der Waals surface area contributed by atoms with Crippen molar-refractivity contribution in [2.45, 2.75) is 70.6 Å². The van der Waals surface area contributed by atoms with Crippen molar-refractivity contribution in [2.24, 2.45) is 0 Å². The quantitative estimate of drug-likeness (QED) is 0.471. The van der Waals surface area contributed by atoms with Crippen LogP contribution in [0.1, 0.15) is 80.4 Å². The summed E-state index contributed by atoms with van der Waals surface area (Å²) in [5.41, 5.74) is 4.16. The van der Waals surface area contributed by atoms with Gasteiger partial charge in [-0.25, -0.2) is 0 Å². The van der Waals surface area contributed by atoms with E-state index in [0.717, 1.165) is 12.4 Å². The number of hydrogen-bond donors (Lipinski definition) is 0. The highest BCUT2D eigenvalue weighted by atomic mass is 16.5. The van der Waals surface area contributed by atoms with Gasteiger partial charge in [0.25, 0.3) is 0 Å². The second kappa shape index (κ2) is 9.08. The molecule has 1 heterocycles. The van der Waals surface area contributed by atoms with E-state index in [1.54, 1.807) is 0 Å². The predicted molar refractivity (Wildman–Crippen MR) is 107 cm³/mol. The normalized spacial score (nSPS) is 19.3. The lowest BCUT2D eigenvalue weighted by Crippen LogP contribution is -2.24. The van der Waals surface area contributed by atoms with Gasteiger partial charge in [0.2, 0.25) is 0 Å². The molecule has 1 nitrogen and oxygen atoms in total. The average Bonchev–Trinajstić information content (AvgIpc) is 2.65. The van der Waals surface area contributed by atoms with Crippen LogP contribution in [0, 0.1) is 6.92 Å². The van der Waals surface area contributed by atoms with Crippen molar-refractivity contribution in [3.05, 3.63) is 65.2 Å². The standard InChI is InChI=1S/C24H32O/c1-3-4-5-6-7-8-11-21-22-12-9-10-13-24(22)25-18-23(21)20-16-14-19(2)15-17-20/h9-10,12-17,21,23H,3-8,11,18H2,1-2H3. The smallest absolute Gasteiger partial charge is 0.122 e. The summed E-state index contributed by atoms with van der Waals surface area (Å²) in [4.78, 5) is 0. The number of aryl methyl sites for hydroxylation is 1. The SMILES string of the molecule is CCCCCCCCC1c2ccccc2OCC1c1ccc(C)cc1. The molecule has 0 fully saturated rings. The van der Waals surface area contributed by atoms with Crippen molar-refractivity contribution in [3.8, 4) is 5.75 Å². The number of unbranched alkanes of at least 4 members (excludes halogenated alkanes) is 5. The molecule has 2 atom stereocenters. The first-order chi connectivity index (χ1) is 12.3. The van der Waals surface area contributed by atoms with Crippen molar-refractivity contribution < 1.29 is 4.74 Å². The van der Waals surface area contributed by atoms with E-state index in [2.05, 4.69) is 62.4 Å². The predicted octanol–water partition coefficient (Wildman–Crippen LogP) is 7.01. The summed E-state index contributed by atoms with van der Waals surface area (Å²) in [6, 6.07) is 17.7. The van der Waals surface area contributed by atoms with Crippen molar-refractivity contribution in [2.75, 3.05) is 6.61 Å². The van der Waals surface area contributed by atoms with Gasteiger partial charge in [0.1, 0.15) is 5.75 Å². The van der Waals surface area contributed by atoms with E-state index in [1.165, 1.54) is 61.6 Å². The van der Waals surface area contributed by atoms with E-state index in [4.69, 9.17) is 4.74 Å². The molecule has 0 amide bonds. The summed E-state index contributed by atoms with van der Waals surface area (Å²) in [5.74, 6) is 2.16. The maximum atomic E-state index is 6.11. The number of fused-ring (bicyclic) bond motifs is 1. The lowest BCUT2D eigenvalue weighted by molar-refractivity contribution is 0.231. The molecule has 3 rings (SSSR count). The molecule has 0 radical (unpaired) electrons. The van der Waals surface area contributed by atoms with Crippen LogP contribution in [0.3, 0.4) is 0 Å². The zero-order valence-corrected chi connectivity index (χ0v) is 15.8. The lowest BCUT2D eigenvalue weighted by Gasteiger charge is -2.34. The molecule has 0 spiro atoms. The fourth-order valence-corrected chi connectivity index (χ4v) is 4.07. The first-order valence-corrected chi connectivity index (χ1v) is 10.1. The second-order valence-electron chi connectivity index (χ2n) is 7.53. The fourth-order valence-electron chi connectivity index (χ4n) is 4.07. The first kappa shape index (κ1) is 18.0. The van der Waals surface area contributed by atoms with E-state index < -0.39 is 0 Å². The molecule has 1 aliphatic heterocycles. The molecule has 0 bridgehead atoms. The van der Waals surface area contributed by atoms with Crippen LogP contribution in [0.5, 0.6) is 5.75 Å². The zero-order valence-electron chi connectivity index (χ0n) is 15.8. The highest BCUT2D eigenvalue weighted by Gasteiger charge is 2.31. The Morgan fingerprint density at radius 1 is 0.880 bits per heavy atom. The van der Waals surface area contributed by atoms with Gasteiger partial charge in [-0.05, 0) is 36.5 Å². The van der Waals surface area contributed by atoms with Crippen LogP contribution in [0.2, 0.25) is 0 Å². The van der Waals surface area contributed by atoms with Gasteiger partial charge < -0.3 is 4.74 Å². The Labute approximate surface area is 153 Å². The number of rotatable bonds is 8. The van der Waals surface area contributed by atoms with Gasteiger partial charge in [-0.2, -0.15) is 0 Å². The molecule has 1 aliphatic rings. The highest BCUT2D eigenvalue weighted by molar-refractivity contribution is 5.41. The van der Waals surface area contributed by atoms with E-state index in [0.29, 0.717) is 11.8 Å². The summed E-state index contributed by atoms with van der Waals surface area (Å²) in [5, 5.41) is 0. The van der Waals surface area contributed by atoms with Gasteiger partial charge in [-0.3, -0.25) is 0 Å². The third-order valence-corrected chi connectivity index (χ3v) is 5.60. The Kier molecular flexibility index (Phi) is 6.55. The summed E-state index contributed by atoms with van der Waals surface area (Å²) < 4.78 is 6.11. The van der Waals surface area contributed by atoms with Crippen molar-refractivity contribution in [1.29, 1.82) is 0 Å². The molecule has 1 heteroatoms. The molecule has 0 aliphatic carbocycles. The molecule has 2 aromatic rings. The molecule has 2 unspecified atom stereocenters. The second-order valence-corrected chi connectivity index (χ2v) is 7.53. The number of hydrogen-bond acceptors (Lipinski definition) is 1. The topological polar surface area (TPSA) is 9.23 Å². The van der Waals surface area contributed by atoms with Crippen molar-refractivity contribution in [3.63, 3.8) is 0 Å². The molecular formula is C24H32O. The van der Waals surface area contributed by atoms with Gasteiger partial charge in [0.15, 0.2) is 0 Å². The van der Waals surface area contributed by atoms with Gasteiger partial charge in [0, 0.05) is 5.92 Å². The van der Waals surface area contributed by atoms with Crippen LogP contribution >= 0.6 is 0 Å². The maximum absolute atomic E-state index is 6.11. The maximum Gasteiger partial charge on any atom is 0.122 e. The van der Waals surface area contributed by atoms with Crippen LogP contribution in [0.4, 0.5) is 0 Å². The minimum atomic E-state index is 0.478. The van der Waals surface area contributed by atoms with Crippen LogP contribution in [-0.2, 0) is 0 Å². The molecule has 0 aromatic heterocycles. The fraction of sp³-hybridized carbons (Fsp3) is 0.500. The van der Waals surface area contributed by atoms with Crippen molar-refractivity contribution in [1.82, 2.24) is 0 Å². The van der Waals surface area contributed by atoms with Crippen LogP contribution < -0.4 is 4.74 Å². The van der Waals surface area contributed by atoms with E-state index in [9.17, 15) is 0 Å². The Balaban J connectivity index is 1.72. The summed E-state index contributed by atoms with van der Waals surface area (Å²) >= 11 is 0. The molecule has 0 N–H and O–H groups in total. The third-order valence-electron chi connectivity index (χ3n) is 5.60. The molecule has 0 saturated heterocycles. The van der Waals surface area contributed by atoms with Gasteiger partial charge in [0.05, 0.1) is 6.61 Å². The van der Waals surface area contributed by atoms with Gasteiger partial charge >= 0.3 is 0 Å².